The zero-order valence-corrected chi connectivity index (χ0v) is 12.9. The van der Waals surface area contributed by atoms with Gasteiger partial charge < -0.3 is 9.88 Å². The van der Waals surface area contributed by atoms with Crippen molar-refractivity contribution in [2.24, 2.45) is 0 Å². The molecular weight excluding hydrogens is 274 g/mol. The van der Waals surface area contributed by atoms with Crippen LogP contribution in [-0.2, 0) is 16.9 Å². The fourth-order valence-corrected chi connectivity index (χ4v) is 3.45. The molecule has 4 heteroatoms. The number of carbonyl (C=O) groups is 1. The highest BCUT2D eigenvalue weighted by molar-refractivity contribution is 5.77. The number of nitrogens with zero attached hydrogens (tertiary/aromatic N) is 2. The van der Waals surface area contributed by atoms with Crippen LogP contribution in [-0.4, -0.2) is 15.5 Å². The molecule has 0 spiro atoms. The third-order valence-corrected chi connectivity index (χ3v) is 4.64. The monoisotopic (exact) mass is 297 g/mol. The van der Waals surface area contributed by atoms with Crippen LogP contribution in [0.1, 0.15) is 44.1 Å². The Morgan fingerprint density at radius 1 is 1.18 bits per heavy atom. The summed E-state index contributed by atoms with van der Waals surface area (Å²) < 4.78 is 2.25. The van der Waals surface area contributed by atoms with Gasteiger partial charge in [0.2, 0.25) is 5.91 Å². The molecule has 0 radical (unpaired) electrons. The Balaban J connectivity index is 1.64. The molecule has 0 saturated heterocycles. The summed E-state index contributed by atoms with van der Waals surface area (Å²) in [5.41, 5.74) is 0.996. The summed E-state index contributed by atoms with van der Waals surface area (Å²) in [6, 6.07) is 7.97. The highest BCUT2D eigenvalue weighted by atomic mass is 16.1. The molecule has 1 N–H and O–H groups in total. The Morgan fingerprint density at radius 3 is 2.64 bits per heavy atom. The van der Waals surface area contributed by atoms with Crippen LogP contribution in [0.2, 0.25) is 0 Å². The summed E-state index contributed by atoms with van der Waals surface area (Å²) in [4.78, 5) is 16.5. The number of hydrogen-bond acceptors (Lipinski definition) is 2. The molecule has 2 aromatic rings. The number of rotatable bonds is 5. The number of amides is 1. The Labute approximate surface area is 131 Å². The average Bonchev–Trinajstić information content (AvgIpc) is 3.10. The van der Waals surface area contributed by atoms with E-state index in [0.29, 0.717) is 13.0 Å². The van der Waals surface area contributed by atoms with E-state index in [4.69, 9.17) is 0 Å². The topological polar surface area (TPSA) is 46.9 Å². The largest absolute Gasteiger partial charge is 0.352 e. The summed E-state index contributed by atoms with van der Waals surface area (Å²) in [5.74, 6) is 0.124. The van der Waals surface area contributed by atoms with E-state index in [1.807, 2.05) is 24.3 Å². The van der Waals surface area contributed by atoms with Crippen molar-refractivity contribution in [1.82, 2.24) is 14.9 Å². The minimum atomic E-state index is -0.0409. The molecule has 2 heterocycles. The summed E-state index contributed by atoms with van der Waals surface area (Å²) in [7, 11) is 0. The van der Waals surface area contributed by atoms with Gasteiger partial charge in [-0.15, -0.1) is 0 Å². The highest BCUT2D eigenvalue weighted by Crippen LogP contribution is 2.37. The van der Waals surface area contributed by atoms with Crippen LogP contribution in [0.15, 0.2) is 49.1 Å². The number of carbonyl (C=O) groups excluding carboxylic acids is 1. The Kier molecular flexibility index (Phi) is 4.56. The summed E-state index contributed by atoms with van der Waals surface area (Å²) in [6.07, 6.45) is 14.1. The van der Waals surface area contributed by atoms with Gasteiger partial charge in [-0.05, 0) is 36.6 Å². The average molecular weight is 297 g/mol. The Hall–Kier alpha value is -2.10. The zero-order valence-electron chi connectivity index (χ0n) is 12.9. The molecule has 1 fully saturated rings. The fourth-order valence-electron chi connectivity index (χ4n) is 3.45. The van der Waals surface area contributed by atoms with Gasteiger partial charge in [0.05, 0.1) is 12.0 Å². The minimum absolute atomic E-state index is 0.0409. The maximum atomic E-state index is 12.4. The molecule has 22 heavy (non-hydrogen) atoms. The summed E-state index contributed by atoms with van der Waals surface area (Å²) in [6.45, 7) is 0.550. The van der Waals surface area contributed by atoms with Gasteiger partial charge in [-0.1, -0.05) is 25.3 Å². The van der Waals surface area contributed by atoms with E-state index < -0.39 is 0 Å². The molecular formula is C18H23N3O. The van der Waals surface area contributed by atoms with Crippen molar-refractivity contribution in [1.29, 1.82) is 0 Å². The third kappa shape index (κ3) is 3.38. The second-order valence-electron chi connectivity index (χ2n) is 6.19. The van der Waals surface area contributed by atoms with Gasteiger partial charge in [-0.25, -0.2) is 0 Å². The maximum absolute atomic E-state index is 12.4. The zero-order chi connectivity index (χ0) is 15.3. The lowest BCUT2D eigenvalue weighted by Crippen LogP contribution is -2.40. The maximum Gasteiger partial charge on any atom is 0.222 e. The Morgan fingerprint density at radius 2 is 1.95 bits per heavy atom. The van der Waals surface area contributed by atoms with Gasteiger partial charge in [-0.2, -0.15) is 0 Å². The number of pyridine rings is 1. The first-order valence-electron chi connectivity index (χ1n) is 8.08. The van der Waals surface area contributed by atoms with Crippen LogP contribution in [0.4, 0.5) is 0 Å². The molecule has 116 valence electrons. The second kappa shape index (κ2) is 6.77. The van der Waals surface area contributed by atoms with E-state index in [2.05, 4.69) is 27.3 Å². The molecule has 1 amide bonds. The lowest BCUT2D eigenvalue weighted by atomic mass is 9.78. The van der Waals surface area contributed by atoms with Crippen LogP contribution in [0, 0.1) is 0 Å². The van der Waals surface area contributed by atoms with Crippen LogP contribution < -0.4 is 5.32 Å². The molecule has 0 atom stereocenters. The number of hydrogen-bond donors (Lipinski definition) is 1. The van der Waals surface area contributed by atoms with E-state index in [1.165, 1.54) is 19.3 Å². The first kappa shape index (κ1) is 14.8. The van der Waals surface area contributed by atoms with E-state index >= 15 is 0 Å². The highest BCUT2D eigenvalue weighted by Gasteiger charge is 2.35. The van der Waals surface area contributed by atoms with Crippen molar-refractivity contribution in [2.75, 3.05) is 0 Å². The summed E-state index contributed by atoms with van der Waals surface area (Å²) >= 11 is 0. The molecule has 2 aromatic heterocycles. The van der Waals surface area contributed by atoms with Gasteiger partial charge in [0, 0.05) is 31.3 Å². The van der Waals surface area contributed by atoms with E-state index in [1.54, 1.807) is 12.4 Å². The van der Waals surface area contributed by atoms with E-state index in [9.17, 15) is 4.79 Å². The van der Waals surface area contributed by atoms with Crippen molar-refractivity contribution in [3.8, 4) is 0 Å². The van der Waals surface area contributed by atoms with Crippen LogP contribution in [0.3, 0.4) is 0 Å². The van der Waals surface area contributed by atoms with E-state index in [0.717, 1.165) is 18.4 Å². The van der Waals surface area contributed by atoms with Crippen molar-refractivity contribution in [3.05, 3.63) is 54.6 Å². The normalized spacial score (nSPS) is 17.1. The van der Waals surface area contributed by atoms with Crippen molar-refractivity contribution < 1.29 is 4.79 Å². The number of aromatic nitrogens is 2. The molecule has 1 aliphatic rings. The second-order valence-corrected chi connectivity index (χ2v) is 6.19. The number of nitrogens with one attached hydrogen (secondary N) is 1. The standard InChI is InChI=1S/C18H23N3O/c22-17(20-15-16-7-6-10-19-14-16)13-18(8-2-1-3-9-18)21-11-4-5-12-21/h4-7,10-12,14H,1-3,8-9,13,15H2,(H,20,22). The van der Waals surface area contributed by atoms with Gasteiger partial charge in [-0.3, -0.25) is 9.78 Å². The SMILES string of the molecule is O=C(CC1(n2cccc2)CCCCC1)NCc1cccnc1. The lowest BCUT2D eigenvalue weighted by Gasteiger charge is -2.38. The third-order valence-electron chi connectivity index (χ3n) is 4.64. The van der Waals surface area contributed by atoms with Crippen LogP contribution in [0.25, 0.3) is 0 Å². The van der Waals surface area contributed by atoms with Crippen molar-refractivity contribution >= 4 is 5.91 Å². The van der Waals surface area contributed by atoms with Gasteiger partial charge in [0.25, 0.3) is 0 Å². The van der Waals surface area contributed by atoms with Gasteiger partial charge in [0.1, 0.15) is 0 Å². The molecule has 0 unspecified atom stereocenters. The quantitative estimate of drug-likeness (QED) is 0.921. The smallest absolute Gasteiger partial charge is 0.222 e. The predicted octanol–water partition coefficient (Wildman–Crippen LogP) is 3.25. The van der Waals surface area contributed by atoms with Gasteiger partial charge in [0.15, 0.2) is 0 Å². The first-order valence-corrected chi connectivity index (χ1v) is 8.08. The molecule has 3 rings (SSSR count). The van der Waals surface area contributed by atoms with Crippen molar-refractivity contribution in [3.63, 3.8) is 0 Å². The molecule has 4 nitrogen and oxygen atoms in total. The van der Waals surface area contributed by atoms with Crippen LogP contribution >= 0.6 is 0 Å². The first-order chi connectivity index (χ1) is 10.8. The van der Waals surface area contributed by atoms with Gasteiger partial charge >= 0.3 is 0 Å². The lowest BCUT2D eigenvalue weighted by molar-refractivity contribution is -0.123. The minimum Gasteiger partial charge on any atom is -0.352 e. The van der Waals surface area contributed by atoms with E-state index in [-0.39, 0.29) is 11.4 Å². The molecule has 0 bridgehead atoms. The van der Waals surface area contributed by atoms with Crippen molar-refractivity contribution in [2.45, 2.75) is 50.6 Å². The summed E-state index contributed by atoms with van der Waals surface area (Å²) in [5, 5.41) is 3.04. The molecule has 0 aliphatic heterocycles. The Bertz CT molecular complexity index is 586. The van der Waals surface area contributed by atoms with Crippen LogP contribution in [0.5, 0.6) is 0 Å². The predicted molar refractivity (Wildman–Crippen MR) is 86.2 cm³/mol. The molecule has 0 aromatic carbocycles. The fraction of sp³-hybridized carbons (Fsp3) is 0.444. The molecule has 1 aliphatic carbocycles. The molecule has 1 saturated carbocycles.